The molecule has 0 spiro atoms. The molecule has 0 saturated heterocycles. The van der Waals surface area contributed by atoms with Gasteiger partial charge in [-0.15, -0.1) is 0 Å². The number of nitriles is 1. The number of halogens is 2. The van der Waals surface area contributed by atoms with E-state index in [4.69, 9.17) is 5.26 Å². The molecule has 0 bridgehead atoms. The number of rotatable bonds is 2. The molecule has 0 N–H and O–H groups in total. The molecule has 0 fully saturated rings. The van der Waals surface area contributed by atoms with Crippen LogP contribution in [0.5, 0.6) is 0 Å². The van der Waals surface area contributed by atoms with Gasteiger partial charge in [-0.1, -0.05) is 23.9 Å². The summed E-state index contributed by atoms with van der Waals surface area (Å²) in [6.07, 6.45) is 0. The molecular weight excluding hydrogens is 325 g/mol. The predicted octanol–water partition coefficient (Wildman–Crippen LogP) is 5.23. The van der Waals surface area contributed by atoms with Gasteiger partial charge >= 0.3 is 0 Å². The minimum absolute atomic E-state index is 0.227. The molecule has 0 heterocycles. The van der Waals surface area contributed by atoms with Crippen LogP contribution in [0.15, 0.2) is 44.6 Å². The van der Waals surface area contributed by atoms with Crippen molar-refractivity contribution in [1.29, 1.82) is 5.26 Å². The molecule has 0 radical (unpaired) electrons. The van der Waals surface area contributed by atoms with E-state index in [0.717, 1.165) is 16.0 Å². The third-order valence-corrected chi connectivity index (χ3v) is 4.70. The average Bonchev–Trinajstić information content (AvgIpc) is 2.39. The lowest BCUT2D eigenvalue weighted by Crippen LogP contribution is -1.89. The maximum absolute atomic E-state index is 14.1. The Bertz CT molecular complexity index is 677. The Balaban J connectivity index is 2.42. The van der Waals surface area contributed by atoms with Crippen LogP contribution in [0.4, 0.5) is 4.39 Å². The number of nitrogens with zero attached hydrogens (tertiary/aromatic N) is 1. The number of aryl methyl sites for hydroxylation is 2. The Morgan fingerprint density at radius 1 is 1.16 bits per heavy atom. The van der Waals surface area contributed by atoms with Gasteiger partial charge in [-0.3, -0.25) is 0 Å². The molecule has 0 amide bonds. The van der Waals surface area contributed by atoms with Gasteiger partial charge in [0.2, 0.25) is 0 Å². The third-order valence-electron chi connectivity index (χ3n) is 2.73. The zero-order chi connectivity index (χ0) is 14.0. The van der Waals surface area contributed by atoms with E-state index in [2.05, 4.69) is 15.9 Å². The molecule has 2 aromatic rings. The molecule has 0 aliphatic rings. The van der Waals surface area contributed by atoms with Gasteiger partial charge in [0.05, 0.1) is 10.0 Å². The molecule has 0 unspecified atom stereocenters. The summed E-state index contributed by atoms with van der Waals surface area (Å²) in [5.41, 5.74) is 2.56. The summed E-state index contributed by atoms with van der Waals surface area (Å²) in [5.74, 6) is -0.384. The highest BCUT2D eigenvalue weighted by Crippen LogP contribution is 2.36. The molecule has 0 saturated carbocycles. The molecule has 96 valence electrons. The maximum Gasteiger partial charge on any atom is 0.152 e. The number of hydrogen-bond donors (Lipinski definition) is 0. The van der Waals surface area contributed by atoms with Crippen molar-refractivity contribution < 1.29 is 4.39 Å². The van der Waals surface area contributed by atoms with E-state index in [-0.39, 0.29) is 10.3 Å². The van der Waals surface area contributed by atoms with Crippen LogP contribution in [-0.2, 0) is 0 Å². The fraction of sp³-hybridized carbons (Fsp3) is 0.133. The van der Waals surface area contributed by atoms with Gasteiger partial charge in [0, 0.05) is 9.79 Å². The summed E-state index contributed by atoms with van der Waals surface area (Å²) in [6, 6.07) is 11.3. The standard InChI is InChI=1S/C15H11BrFNS/c1-9-3-4-10(2)13(7-9)19-12-6-5-11(8-18)14(16)15(12)17/h3-7H,1-2H3. The van der Waals surface area contributed by atoms with Gasteiger partial charge in [0.15, 0.2) is 5.82 Å². The van der Waals surface area contributed by atoms with Crippen molar-refractivity contribution in [3.05, 3.63) is 57.3 Å². The van der Waals surface area contributed by atoms with E-state index >= 15 is 0 Å². The van der Waals surface area contributed by atoms with E-state index in [1.165, 1.54) is 11.8 Å². The van der Waals surface area contributed by atoms with Gasteiger partial charge in [0.1, 0.15) is 6.07 Å². The highest BCUT2D eigenvalue weighted by molar-refractivity contribution is 9.10. The molecule has 0 aliphatic carbocycles. The van der Waals surface area contributed by atoms with E-state index in [0.29, 0.717) is 10.5 Å². The lowest BCUT2D eigenvalue weighted by atomic mass is 10.2. The van der Waals surface area contributed by atoms with Crippen LogP contribution >= 0.6 is 27.7 Å². The maximum atomic E-state index is 14.1. The Morgan fingerprint density at radius 3 is 2.58 bits per heavy atom. The van der Waals surface area contributed by atoms with Gasteiger partial charge in [-0.2, -0.15) is 5.26 Å². The summed E-state index contributed by atoms with van der Waals surface area (Å²) in [5, 5.41) is 8.85. The highest BCUT2D eigenvalue weighted by atomic mass is 79.9. The van der Waals surface area contributed by atoms with Crippen LogP contribution < -0.4 is 0 Å². The van der Waals surface area contributed by atoms with Crippen LogP contribution in [-0.4, -0.2) is 0 Å². The molecule has 4 heteroatoms. The van der Waals surface area contributed by atoms with E-state index < -0.39 is 0 Å². The largest absolute Gasteiger partial charge is 0.204 e. The van der Waals surface area contributed by atoms with Gasteiger partial charge in [0.25, 0.3) is 0 Å². The minimum Gasteiger partial charge on any atom is -0.204 e. The quantitative estimate of drug-likeness (QED) is 0.750. The first kappa shape index (κ1) is 14.1. The molecule has 0 aliphatic heterocycles. The molecule has 2 aromatic carbocycles. The van der Waals surface area contributed by atoms with Crippen molar-refractivity contribution in [2.45, 2.75) is 23.6 Å². The zero-order valence-electron chi connectivity index (χ0n) is 10.5. The summed E-state index contributed by atoms with van der Waals surface area (Å²) in [6.45, 7) is 4.01. The fourth-order valence-electron chi connectivity index (χ4n) is 1.63. The van der Waals surface area contributed by atoms with Gasteiger partial charge < -0.3 is 0 Å². The lowest BCUT2D eigenvalue weighted by molar-refractivity contribution is 0.594. The predicted molar refractivity (Wildman–Crippen MR) is 78.9 cm³/mol. The average molecular weight is 336 g/mol. The first-order valence-electron chi connectivity index (χ1n) is 5.66. The molecule has 19 heavy (non-hydrogen) atoms. The van der Waals surface area contributed by atoms with E-state index in [1.54, 1.807) is 12.1 Å². The lowest BCUT2D eigenvalue weighted by Gasteiger charge is -2.09. The normalized spacial score (nSPS) is 10.3. The van der Waals surface area contributed by atoms with Crippen LogP contribution in [0.2, 0.25) is 0 Å². The van der Waals surface area contributed by atoms with Gasteiger partial charge in [-0.05, 0) is 59.1 Å². The Hall–Kier alpha value is -1.31. The second-order valence-corrected chi connectivity index (χ2v) is 6.10. The van der Waals surface area contributed by atoms with Crippen molar-refractivity contribution in [2.24, 2.45) is 0 Å². The monoisotopic (exact) mass is 335 g/mol. The highest BCUT2D eigenvalue weighted by Gasteiger charge is 2.13. The second kappa shape index (κ2) is 5.77. The first-order chi connectivity index (χ1) is 9.02. The van der Waals surface area contributed by atoms with Crippen LogP contribution in [0.25, 0.3) is 0 Å². The summed E-state index contributed by atoms with van der Waals surface area (Å²) >= 11 is 4.50. The Morgan fingerprint density at radius 2 is 1.89 bits per heavy atom. The van der Waals surface area contributed by atoms with Crippen molar-refractivity contribution >= 4 is 27.7 Å². The van der Waals surface area contributed by atoms with Crippen LogP contribution in [0.1, 0.15) is 16.7 Å². The topological polar surface area (TPSA) is 23.8 Å². The zero-order valence-corrected chi connectivity index (χ0v) is 12.9. The van der Waals surface area contributed by atoms with Gasteiger partial charge in [-0.25, -0.2) is 4.39 Å². The minimum atomic E-state index is -0.384. The van der Waals surface area contributed by atoms with Crippen molar-refractivity contribution in [3.8, 4) is 6.07 Å². The number of benzene rings is 2. The summed E-state index contributed by atoms with van der Waals surface area (Å²) < 4.78 is 14.4. The van der Waals surface area contributed by atoms with E-state index in [9.17, 15) is 4.39 Å². The van der Waals surface area contributed by atoms with E-state index in [1.807, 2.05) is 38.1 Å². The fourth-order valence-corrected chi connectivity index (χ4v) is 3.24. The SMILES string of the molecule is Cc1ccc(C)c(Sc2ccc(C#N)c(Br)c2F)c1. The van der Waals surface area contributed by atoms with Crippen molar-refractivity contribution in [3.63, 3.8) is 0 Å². The number of hydrogen-bond acceptors (Lipinski definition) is 2. The molecule has 0 atom stereocenters. The smallest absolute Gasteiger partial charge is 0.152 e. The summed E-state index contributed by atoms with van der Waals surface area (Å²) in [7, 11) is 0. The van der Waals surface area contributed by atoms with Crippen molar-refractivity contribution in [1.82, 2.24) is 0 Å². The molecule has 0 aromatic heterocycles. The molecular formula is C15H11BrFNS. The Kier molecular flexibility index (Phi) is 4.28. The van der Waals surface area contributed by atoms with Crippen molar-refractivity contribution in [2.75, 3.05) is 0 Å². The molecule has 2 rings (SSSR count). The summed E-state index contributed by atoms with van der Waals surface area (Å²) in [4.78, 5) is 1.54. The third kappa shape index (κ3) is 2.99. The van der Waals surface area contributed by atoms with Crippen LogP contribution in [0.3, 0.4) is 0 Å². The molecule has 1 nitrogen and oxygen atoms in total. The Labute approximate surface area is 124 Å². The second-order valence-electron chi connectivity index (χ2n) is 4.22. The van der Waals surface area contributed by atoms with Crippen LogP contribution in [0, 0.1) is 31.0 Å². The first-order valence-corrected chi connectivity index (χ1v) is 7.27.